The number of hydrogen-bond donors (Lipinski definition) is 1. The Kier molecular flexibility index (Phi) is 4.78. The second-order valence-electron chi connectivity index (χ2n) is 5.57. The number of nitrogens with one attached hydrogen (secondary N) is 1. The van der Waals surface area contributed by atoms with Crippen molar-refractivity contribution in [2.24, 2.45) is 5.92 Å². The number of benzene rings is 1. The van der Waals surface area contributed by atoms with Crippen molar-refractivity contribution in [3.63, 3.8) is 0 Å². The van der Waals surface area contributed by atoms with Crippen molar-refractivity contribution in [3.05, 3.63) is 57.0 Å². The Hall–Kier alpha value is -1.68. The fourth-order valence-corrected chi connectivity index (χ4v) is 3.30. The van der Waals surface area contributed by atoms with E-state index in [9.17, 15) is 9.18 Å². The van der Waals surface area contributed by atoms with Gasteiger partial charge in [0.05, 0.1) is 11.6 Å². The number of halogens is 1. The minimum atomic E-state index is -0.267. The Labute approximate surface area is 129 Å². The molecule has 1 amide bonds. The quantitative estimate of drug-likeness (QED) is 0.876. The second kappa shape index (κ2) is 6.39. The minimum Gasteiger partial charge on any atom is -0.345 e. The van der Waals surface area contributed by atoms with Crippen LogP contribution in [0.4, 0.5) is 4.39 Å². The average Bonchev–Trinajstić information content (AvgIpc) is 2.76. The van der Waals surface area contributed by atoms with E-state index in [1.165, 1.54) is 12.1 Å². The Morgan fingerprint density at radius 3 is 2.29 bits per heavy atom. The lowest BCUT2D eigenvalue weighted by molar-refractivity contribution is 0.0925. The van der Waals surface area contributed by atoms with Crippen molar-refractivity contribution in [3.8, 4) is 0 Å². The van der Waals surface area contributed by atoms with Crippen LogP contribution < -0.4 is 5.32 Å². The Bertz CT molecular complexity index is 631. The predicted molar refractivity (Wildman–Crippen MR) is 85.2 cm³/mol. The van der Waals surface area contributed by atoms with Crippen molar-refractivity contribution >= 4 is 17.2 Å². The molecule has 0 saturated heterocycles. The maximum Gasteiger partial charge on any atom is 0.252 e. The normalized spacial score (nSPS) is 12.5. The van der Waals surface area contributed by atoms with Crippen LogP contribution in [-0.2, 0) is 0 Å². The van der Waals surface area contributed by atoms with Gasteiger partial charge in [-0.05, 0) is 43.5 Å². The zero-order chi connectivity index (χ0) is 15.6. The van der Waals surface area contributed by atoms with Gasteiger partial charge in [0.25, 0.3) is 5.91 Å². The monoisotopic (exact) mass is 305 g/mol. The highest BCUT2D eigenvalue weighted by Gasteiger charge is 2.21. The van der Waals surface area contributed by atoms with Crippen LogP contribution >= 0.6 is 11.3 Å². The molecule has 1 aromatic heterocycles. The van der Waals surface area contributed by atoms with Gasteiger partial charge in [-0.3, -0.25) is 4.79 Å². The molecule has 0 aliphatic carbocycles. The molecule has 0 aliphatic heterocycles. The Balaban J connectivity index is 2.22. The van der Waals surface area contributed by atoms with E-state index >= 15 is 0 Å². The van der Waals surface area contributed by atoms with Gasteiger partial charge in [-0.2, -0.15) is 0 Å². The SMILES string of the molecule is Cc1cc(C(=O)NC(c2ccc(F)cc2)C(C)C)c(C)s1. The number of carbonyl (C=O) groups is 1. The van der Waals surface area contributed by atoms with Gasteiger partial charge in [0.1, 0.15) is 5.82 Å². The van der Waals surface area contributed by atoms with E-state index in [4.69, 9.17) is 0 Å². The van der Waals surface area contributed by atoms with E-state index in [2.05, 4.69) is 5.32 Å². The first kappa shape index (κ1) is 15.7. The molecule has 2 nitrogen and oxygen atoms in total. The van der Waals surface area contributed by atoms with Crippen LogP contribution in [0.2, 0.25) is 0 Å². The van der Waals surface area contributed by atoms with Gasteiger partial charge in [-0.15, -0.1) is 11.3 Å². The van der Waals surface area contributed by atoms with Gasteiger partial charge < -0.3 is 5.32 Å². The molecule has 1 atom stereocenters. The summed E-state index contributed by atoms with van der Waals surface area (Å²) in [6.45, 7) is 8.03. The topological polar surface area (TPSA) is 29.1 Å². The Morgan fingerprint density at radius 2 is 1.81 bits per heavy atom. The highest BCUT2D eigenvalue weighted by Crippen LogP contribution is 2.25. The molecule has 0 spiro atoms. The Morgan fingerprint density at radius 1 is 1.19 bits per heavy atom. The molecular weight excluding hydrogens is 285 g/mol. The first-order valence-electron chi connectivity index (χ1n) is 7.02. The second-order valence-corrected chi connectivity index (χ2v) is 7.03. The zero-order valence-electron chi connectivity index (χ0n) is 12.7. The average molecular weight is 305 g/mol. The highest BCUT2D eigenvalue weighted by molar-refractivity contribution is 7.12. The number of rotatable bonds is 4. The molecule has 0 saturated carbocycles. The van der Waals surface area contributed by atoms with E-state index in [1.54, 1.807) is 23.5 Å². The summed E-state index contributed by atoms with van der Waals surface area (Å²) in [6, 6.07) is 8.10. The molecule has 21 heavy (non-hydrogen) atoms. The lowest BCUT2D eigenvalue weighted by Gasteiger charge is -2.23. The van der Waals surface area contributed by atoms with Crippen LogP contribution in [-0.4, -0.2) is 5.91 Å². The van der Waals surface area contributed by atoms with Crippen LogP contribution in [0.3, 0.4) is 0 Å². The molecule has 2 aromatic rings. The van der Waals surface area contributed by atoms with Gasteiger partial charge in [0, 0.05) is 9.75 Å². The van der Waals surface area contributed by atoms with Crippen LogP contribution in [0.25, 0.3) is 0 Å². The number of hydrogen-bond acceptors (Lipinski definition) is 2. The third kappa shape index (κ3) is 3.70. The van der Waals surface area contributed by atoms with Crippen molar-refractivity contribution in [2.75, 3.05) is 0 Å². The number of aryl methyl sites for hydroxylation is 2. The summed E-state index contributed by atoms with van der Waals surface area (Å²) in [5, 5.41) is 3.07. The molecule has 0 fully saturated rings. The summed E-state index contributed by atoms with van der Waals surface area (Å²) in [4.78, 5) is 14.6. The van der Waals surface area contributed by atoms with Crippen LogP contribution in [0.15, 0.2) is 30.3 Å². The number of thiophene rings is 1. The smallest absolute Gasteiger partial charge is 0.252 e. The number of carbonyl (C=O) groups excluding carboxylic acids is 1. The summed E-state index contributed by atoms with van der Waals surface area (Å²) in [5.74, 6) is -0.115. The fraction of sp³-hybridized carbons (Fsp3) is 0.353. The molecule has 0 radical (unpaired) electrons. The lowest BCUT2D eigenvalue weighted by Crippen LogP contribution is -2.31. The summed E-state index contributed by atoms with van der Waals surface area (Å²) >= 11 is 1.62. The lowest BCUT2D eigenvalue weighted by atomic mass is 9.95. The van der Waals surface area contributed by atoms with Gasteiger partial charge in [0.2, 0.25) is 0 Å². The van der Waals surface area contributed by atoms with E-state index in [0.29, 0.717) is 0 Å². The van der Waals surface area contributed by atoms with Crippen molar-refractivity contribution in [1.82, 2.24) is 5.32 Å². The van der Waals surface area contributed by atoms with E-state index < -0.39 is 0 Å². The van der Waals surface area contributed by atoms with Crippen molar-refractivity contribution in [1.29, 1.82) is 0 Å². The van der Waals surface area contributed by atoms with Gasteiger partial charge >= 0.3 is 0 Å². The molecule has 4 heteroatoms. The maximum absolute atomic E-state index is 13.0. The molecule has 1 heterocycles. The third-order valence-electron chi connectivity index (χ3n) is 3.47. The first-order chi connectivity index (χ1) is 9.88. The van der Waals surface area contributed by atoms with Gasteiger partial charge in [-0.25, -0.2) is 4.39 Å². The fourth-order valence-electron chi connectivity index (χ4n) is 2.38. The van der Waals surface area contributed by atoms with E-state index in [0.717, 1.165) is 20.9 Å². The van der Waals surface area contributed by atoms with E-state index in [-0.39, 0.29) is 23.7 Å². The molecular formula is C17H20FNOS. The van der Waals surface area contributed by atoms with Crippen LogP contribution in [0, 0.1) is 25.6 Å². The molecule has 1 aromatic carbocycles. The largest absolute Gasteiger partial charge is 0.345 e. The minimum absolute atomic E-state index is 0.0696. The highest BCUT2D eigenvalue weighted by atomic mass is 32.1. The number of amides is 1. The molecule has 0 aliphatic rings. The molecule has 2 rings (SSSR count). The van der Waals surface area contributed by atoms with E-state index in [1.807, 2.05) is 33.8 Å². The van der Waals surface area contributed by atoms with Crippen molar-refractivity contribution in [2.45, 2.75) is 33.7 Å². The predicted octanol–water partition coefficient (Wildman–Crippen LogP) is 4.63. The van der Waals surface area contributed by atoms with Crippen LogP contribution in [0.5, 0.6) is 0 Å². The third-order valence-corrected chi connectivity index (χ3v) is 4.43. The van der Waals surface area contributed by atoms with Gasteiger partial charge in [0.15, 0.2) is 0 Å². The van der Waals surface area contributed by atoms with Crippen LogP contribution in [0.1, 0.15) is 45.6 Å². The summed E-state index contributed by atoms with van der Waals surface area (Å²) in [7, 11) is 0. The molecule has 1 N–H and O–H groups in total. The zero-order valence-corrected chi connectivity index (χ0v) is 13.6. The standard InChI is InChI=1S/C17H20FNOS/c1-10(2)16(13-5-7-14(18)8-6-13)19-17(20)15-9-11(3)21-12(15)4/h5-10,16H,1-4H3,(H,19,20). The first-order valence-corrected chi connectivity index (χ1v) is 7.83. The summed E-state index contributed by atoms with van der Waals surface area (Å²) < 4.78 is 13.0. The maximum atomic E-state index is 13.0. The summed E-state index contributed by atoms with van der Waals surface area (Å²) in [5.41, 5.74) is 1.65. The summed E-state index contributed by atoms with van der Waals surface area (Å²) in [6.07, 6.45) is 0. The molecule has 0 bridgehead atoms. The molecule has 112 valence electrons. The van der Waals surface area contributed by atoms with Gasteiger partial charge in [-0.1, -0.05) is 26.0 Å². The molecule has 1 unspecified atom stereocenters. The van der Waals surface area contributed by atoms with Crippen molar-refractivity contribution < 1.29 is 9.18 Å².